The van der Waals surface area contributed by atoms with Gasteiger partial charge in [0.2, 0.25) is 5.43 Å². The van der Waals surface area contributed by atoms with Crippen molar-refractivity contribution in [1.82, 2.24) is 14.9 Å². The van der Waals surface area contributed by atoms with Crippen LogP contribution in [0.3, 0.4) is 0 Å². The Balaban J connectivity index is 0.00000176. The third-order valence-electron chi connectivity index (χ3n) is 3.78. The van der Waals surface area contributed by atoms with Crippen molar-refractivity contribution >= 4 is 45.2 Å². The van der Waals surface area contributed by atoms with Gasteiger partial charge in [0.05, 0.1) is 17.1 Å². The number of hydrogen-bond acceptors (Lipinski definition) is 4. The lowest BCUT2D eigenvalue weighted by atomic mass is 10.1. The Bertz CT molecular complexity index is 772. The molecule has 6 nitrogen and oxygen atoms in total. The van der Waals surface area contributed by atoms with Crippen LogP contribution in [-0.2, 0) is 0 Å². The highest BCUT2D eigenvalue weighted by atomic mass is 79.9. The number of aromatic nitrogens is 2. The molecule has 0 radical (unpaired) electrons. The Hall–Kier alpha value is -1.44. The van der Waals surface area contributed by atoms with E-state index in [0.29, 0.717) is 15.5 Å². The van der Waals surface area contributed by atoms with Crippen LogP contribution in [0.25, 0.3) is 10.9 Å². The molecule has 2 aromatic heterocycles. The minimum absolute atomic E-state index is 0. The highest BCUT2D eigenvalue weighted by molar-refractivity contribution is 9.10. The average Bonchev–Trinajstić information content (AvgIpc) is 2.48. The van der Waals surface area contributed by atoms with Gasteiger partial charge in [0.15, 0.2) is 0 Å². The summed E-state index contributed by atoms with van der Waals surface area (Å²) in [5.74, 6) is -1.20. The van der Waals surface area contributed by atoms with Crippen molar-refractivity contribution in [3.8, 4) is 0 Å². The lowest BCUT2D eigenvalue weighted by Crippen LogP contribution is -2.33. The van der Waals surface area contributed by atoms with Crippen LogP contribution in [0, 0.1) is 0 Å². The summed E-state index contributed by atoms with van der Waals surface area (Å²) in [5.41, 5.74) is -0.00584. The zero-order valence-corrected chi connectivity index (χ0v) is 14.0. The van der Waals surface area contributed by atoms with E-state index in [9.17, 15) is 14.7 Å². The quantitative estimate of drug-likeness (QED) is 0.771. The number of nitrogens with zero attached hydrogens (tertiary/aromatic N) is 2. The van der Waals surface area contributed by atoms with Crippen LogP contribution >= 0.6 is 28.3 Å². The van der Waals surface area contributed by atoms with Gasteiger partial charge in [0.1, 0.15) is 10.2 Å². The Morgan fingerprint density at radius 2 is 2.27 bits per heavy atom. The van der Waals surface area contributed by atoms with Crippen molar-refractivity contribution in [3.63, 3.8) is 0 Å². The van der Waals surface area contributed by atoms with E-state index in [1.165, 1.54) is 6.20 Å². The van der Waals surface area contributed by atoms with Crippen LogP contribution < -0.4 is 10.7 Å². The summed E-state index contributed by atoms with van der Waals surface area (Å²) >= 11 is 3.23. The second-order valence-electron chi connectivity index (χ2n) is 5.11. The van der Waals surface area contributed by atoms with Gasteiger partial charge in [-0.05, 0) is 41.4 Å². The summed E-state index contributed by atoms with van der Waals surface area (Å²) < 4.78 is 2.38. The first-order chi connectivity index (χ1) is 10.1. The molecule has 22 heavy (non-hydrogen) atoms. The number of carbonyl (C=O) groups is 1. The van der Waals surface area contributed by atoms with E-state index in [4.69, 9.17) is 0 Å². The summed E-state index contributed by atoms with van der Waals surface area (Å²) in [5, 5.41) is 12.9. The maximum absolute atomic E-state index is 12.3. The van der Waals surface area contributed by atoms with Crippen LogP contribution in [-0.4, -0.2) is 33.7 Å². The molecule has 1 unspecified atom stereocenters. The molecular weight excluding hydrogens is 374 g/mol. The Morgan fingerprint density at radius 3 is 2.91 bits per heavy atom. The lowest BCUT2D eigenvalue weighted by molar-refractivity contribution is 0.0694. The maximum Gasteiger partial charge on any atom is 0.341 e. The third kappa shape index (κ3) is 3.02. The van der Waals surface area contributed by atoms with Crippen molar-refractivity contribution in [1.29, 1.82) is 0 Å². The number of hydrogen-bond donors (Lipinski definition) is 2. The van der Waals surface area contributed by atoms with Crippen molar-refractivity contribution < 1.29 is 9.90 Å². The molecule has 0 amide bonds. The molecule has 0 saturated carbocycles. The second kappa shape index (κ2) is 6.76. The van der Waals surface area contributed by atoms with Gasteiger partial charge in [0, 0.05) is 18.8 Å². The van der Waals surface area contributed by atoms with Gasteiger partial charge in [-0.3, -0.25) is 4.79 Å². The minimum Gasteiger partial charge on any atom is -0.477 e. The molecule has 3 heterocycles. The van der Waals surface area contributed by atoms with Gasteiger partial charge in [-0.2, -0.15) is 0 Å². The zero-order chi connectivity index (χ0) is 15.0. The highest BCUT2D eigenvalue weighted by Gasteiger charge is 2.21. The molecule has 0 bridgehead atoms. The van der Waals surface area contributed by atoms with Crippen LogP contribution in [0.15, 0.2) is 27.9 Å². The normalized spacial score (nSPS) is 18.0. The molecule has 0 aliphatic carbocycles. The number of nitrogens with one attached hydrogen (secondary N) is 1. The molecular formula is C14H15BrClN3O3. The number of halogens is 2. The van der Waals surface area contributed by atoms with Crippen LogP contribution in [0.4, 0.5) is 0 Å². The number of fused-ring (bicyclic) bond motifs is 1. The van der Waals surface area contributed by atoms with Crippen LogP contribution in [0.5, 0.6) is 0 Å². The molecule has 1 aliphatic rings. The fraction of sp³-hybridized carbons (Fsp3) is 0.357. The Labute approximate surface area is 141 Å². The number of rotatable bonds is 2. The van der Waals surface area contributed by atoms with E-state index < -0.39 is 11.4 Å². The molecule has 1 fully saturated rings. The molecule has 2 N–H and O–H groups in total. The van der Waals surface area contributed by atoms with E-state index >= 15 is 0 Å². The highest BCUT2D eigenvalue weighted by Crippen LogP contribution is 2.23. The lowest BCUT2D eigenvalue weighted by Gasteiger charge is -2.27. The van der Waals surface area contributed by atoms with Crippen LogP contribution in [0.2, 0.25) is 0 Å². The van der Waals surface area contributed by atoms with Gasteiger partial charge in [-0.25, -0.2) is 9.78 Å². The van der Waals surface area contributed by atoms with E-state index in [1.54, 1.807) is 12.3 Å². The standard InChI is InChI=1S/C14H14BrN3O3.ClH/c15-12-4-9-11(6-17-12)18(8-2-1-3-16-5-8)7-10(13(9)19)14(20)21;/h4,6-8,16H,1-3,5H2,(H,20,21);1H. The van der Waals surface area contributed by atoms with E-state index in [1.807, 2.05) is 4.57 Å². The Kier molecular flexibility index (Phi) is 5.20. The summed E-state index contributed by atoms with van der Waals surface area (Å²) in [6.45, 7) is 1.72. The molecule has 3 rings (SSSR count). The molecule has 1 aliphatic heterocycles. The van der Waals surface area contributed by atoms with Gasteiger partial charge in [0.25, 0.3) is 0 Å². The molecule has 2 aromatic rings. The number of carboxylic acids is 1. The van der Waals surface area contributed by atoms with Gasteiger partial charge >= 0.3 is 5.97 Å². The molecule has 0 aromatic carbocycles. The minimum atomic E-state index is -1.20. The first-order valence-corrected chi connectivity index (χ1v) is 7.51. The second-order valence-corrected chi connectivity index (χ2v) is 5.92. The van der Waals surface area contributed by atoms with Gasteiger partial charge < -0.3 is 15.0 Å². The number of aromatic carboxylic acids is 1. The van der Waals surface area contributed by atoms with E-state index in [0.717, 1.165) is 25.9 Å². The van der Waals surface area contributed by atoms with Crippen molar-refractivity contribution in [2.24, 2.45) is 0 Å². The topological polar surface area (TPSA) is 84.2 Å². The summed E-state index contributed by atoms with van der Waals surface area (Å²) in [6.07, 6.45) is 5.02. The van der Waals surface area contributed by atoms with Crippen molar-refractivity contribution in [2.75, 3.05) is 13.1 Å². The number of pyridine rings is 2. The summed E-state index contributed by atoms with van der Waals surface area (Å²) in [7, 11) is 0. The number of piperidine rings is 1. The maximum atomic E-state index is 12.3. The number of carboxylic acid groups (broad SMARTS) is 1. The molecule has 1 saturated heterocycles. The monoisotopic (exact) mass is 387 g/mol. The zero-order valence-electron chi connectivity index (χ0n) is 11.6. The SMILES string of the molecule is Cl.O=C(O)c1cn(C2CCCNC2)c2cnc(Br)cc2c1=O. The smallest absolute Gasteiger partial charge is 0.341 e. The third-order valence-corrected chi connectivity index (χ3v) is 4.21. The van der Waals surface area contributed by atoms with Crippen molar-refractivity contribution in [3.05, 3.63) is 38.9 Å². The molecule has 0 spiro atoms. The first kappa shape index (κ1) is 16.9. The first-order valence-electron chi connectivity index (χ1n) is 6.72. The van der Waals surface area contributed by atoms with E-state index in [2.05, 4.69) is 26.2 Å². The largest absolute Gasteiger partial charge is 0.477 e. The molecule has 118 valence electrons. The van der Waals surface area contributed by atoms with Gasteiger partial charge in [-0.1, -0.05) is 0 Å². The fourth-order valence-corrected chi connectivity index (χ4v) is 3.08. The predicted molar refractivity (Wildman–Crippen MR) is 89.1 cm³/mol. The van der Waals surface area contributed by atoms with Crippen molar-refractivity contribution in [2.45, 2.75) is 18.9 Å². The predicted octanol–water partition coefficient (Wildman–Crippen LogP) is 2.20. The fourth-order valence-electron chi connectivity index (χ4n) is 2.75. The molecule has 8 heteroatoms. The average molecular weight is 389 g/mol. The van der Waals surface area contributed by atoms with Crippen LogP contribution in [0.1, 0.15) is 29.2 Å². The molecule has 1 atom stereocenters. The summed E-state index contributed by atoms with van der Waals surface area (Å²) in [6, 6.07) is 1.71. The Morgan fingerprint density at radius 1 is 1.50 bits per heavy atom. The van der Waals surface area contributed by atoms with E-state index in [-0.39, 0.29) is 24.0 Å². The van der Waals surface area contributed by atoms with Gasteiger partial charge in [-0.15, -0.1) is 12.4 Å². The summed E-state index contributed by atoms with van der Waals surface area (Å²) in [4.78, 5) is 27.8.